The first kappa shape index (κ1) is 24.4. The van der Waals surface area contributed by atoms with Gasteiger partial charge in [-0.25, -0.2) is 5.43 Å². The molecule has 1 saturated heterocycles. The maximum atomic E-state index is 12.7. The zero-order valence-corrected chi connectivity index (χ0v) is 18.4. The molecule has 2 aromatic rings. The average Bonchev–Trinajstić information content (AvgIpc) is 2.79. The van der Waals surface area contributed by atoms with E-state index in [0.29, 0.717) is 26.2 Å². The van der Waals surface area contributed by atoms with Gasteiger partial charge < -0.3 is 4.90 Å². The second-order valence-electron chi connectivity index (χ2n) is 7.93. The molecular formula is C24H27F3N4O2. The van der Waals surface area contributed by atoms with E-state index >= 15 is 0 Å². The number of hydrazone groups is 1. The Morgan fingerprint density at radius 3 is 2.39 bits per heavy atom. The second-order valence-corrected chi connectivity index (χ2v) is 7.93. The molecule has 0 spiro atoms. The van der Waals surface area contributed by atoms with E-state index in [0.717, 1.165) is 30.5 Å². The van der Waals surface area contributed by atoms with Crippen molar-refractivity contribution < 1.29 is 22.8 Å². The number of rotatable bonds is 7. The third-order valence-corrected chi connectivity index (χ3v) is 5.38. The molecule has 0 saturated carbocycles. The zero-order valence-electron chi connectivity index (χ0n) is 18.4. The molecule has 0 radical (unpaired) electrons. The predicted molar refractivity (Wildman–Crippen MR) is 120 cm³/mol. The Hall–Kier alpha value is -3.20. The highest BCUT2D eigenvalue weighted by molar-refractivity contribution is 5.94. The Bertz CT molecular complexity index is 982. The molecule has 0 bridgehead atoms. The fourth-order valence-corrected chi connectivity index (χ4v) is 3.63. The number of aryl methyl sites for hydroxylation is 1. The Kier molecular flexibility index (Phi) is 8.21. The standard InChI is InChI=1S/C24H27F3N4O2/c1-2-4-18-5-3-6-19(15-18)16-28-29-22(32)17-30-11-13-31(14-12-30)23(33)20-7-9-21(10-8-20)24(25,26)27/h3,5-10,15-16H,2,4,11-14,17H2,1H3,(H,29,32)/b28-16+. The molecular weight excluding hydrogens is 433 g/mol. The molecule has 2 aromatic carbocycles. The minimum absolute atomic E-state index is 0.148. The van der Waals surface area contributed by atoms with E-state index in [4.69, 9.17) is 0 Å². The average molecular weight is 461 g/mol. The topological polar surface area (TPSA) is 65.0 Å². The van der Waals surface area contributed by atoms with Gasteiger partial charge in [-0.15, -0.1) is 0 Å². The van der Waals surface area contributed by atoms with Gasteiger partial charge in [0.15, 0.2) is 0 Å². The van der Waals surface area contributed by atoms with Crippen molar-refractivity contribution in [2.24, 2.45) is 5.10 Å². The summed E-state index contributed by atoms with van der Waals surface area (Å²) >= 11 is 0. The largest absolute Gasteiger partial charge is 0.416 e. The van der Waals surface area contributed by atoms with Gasteiger partial charge in [-0.1, -0.05) is 37.6 Å². The molecule has 33 heavy (non-hydrogen) atoms. The number of carbonyl (C=O) groups is 2. The Morgan fingerprint density at radius 1 is 1.06 bits per heavy atom. The number of amides is 2. The van der Waals surface area contributed by atoms with Crippen molar-refractivity contribution in [2.75, 3.05) is 32.7 Å². The molecule has 1 N–H and O–H groups in total. The van der Waals surface area contributed by atoms with E-state index in [2.05, 4.69) is 23.5 Å². The maximum Gasteiger partial charge on any atom is 0.416 e. The molecule has 176 valence electrons. The fraction of sp³-hybridized carbons (Fsp3) is 0.375. The van der Waals surface area contributed by atoms with Crippen molar-refractivity contribution >= 4 is 18.0 Å². The van der Waals surface area contributed by atoms with Crippen molar-refractivity contribution in [1.82, 2.24) is 15.2 Å². The molecule has 2 amide bonds. The van der Waals surface area contributed by atoms with Gasteiger partial charge in [0.2, 0.25) is 0 Å². The number of nitrogens with one attached hydrogen (secondary N) is 1. The quantitative estimate of drug-likeness (QED) is 0.508. The fourth-order valence-electron chi connectivity index (χ4n) is 3.63. The van der Waals surface area contributed by atoms with Crippen LogP contribution in [-0.2, 0) is 17.4 Å². The summed E-state index contributed by atoms with van der Waals surface area (Å²) in [5, 5.41) is 4.02. The molecule has 1 fully saturated rings. The Morgan fingerprint density at radius 2 is 1.76 bits per heavy atom. The summed E-state index contributed by atoms with van der Waals surface area (Å²) in [6.45, 7) is 4.02. The van der Waals surface area contributed by atoms with E-state index in [1.54, 1.807) is 11.1 Å². The van der Waals surface area contributed by atoms with Crippen LogP contribution in [0.15, 0.2) is 53.6 Å². The summed E-state index contributed by atoms with van der Waals surface area (Å²) in [5.74, 6) is -0.568. The molecule has 1 heterocycles. The van der Waals surface area contributed by atoms with Crippen LogP contribution in [-0.4, -0.2) is 60.6 Å². The summed E-state index contributed by atoms with van der Waals surface area (Å²) in [6.07, 6.45) is -0.781. The van der Waals surface area contributed by atoms with Gasteiger partial charge >= 0.3 is 6.18 Å². The van der Waals surface area contributed by atoms with Gasteiger partial charge in [-0.2, -0.15) is 18.3 Å². The SMILES string of the molecule is CCCc1cccc(/C=N/NC(=O)CN2CCN(C(=O)c3ccc(C(F)(F)F)cc3)CC2)c1. The molecule has 1 aliphatic rings. The van der Waals surface area contributed by atoms with Crippen LogP contribution in [0.2, 0.25) is 0 Å². The van der Waals surface area contributed by atoms with Crippen molar-refractivity contribution in [2.45, 2.75) is 25.9 Å². The van der Waals surface area contributed by atoms with Gasteiger partial charge in [-0.05, 0) is 41.8 Å². The first-order chi connectivity index (χ1) is 15.8. The molecule has 0 atom stereocenters. The summed E-state index contributed by atoms with van der Waals surface area (Å²) in [7, 11) is 0. The zero-order chi connectivity index (χ0) is 23.8. The van der Waals surface area contributed by atoms with E-state index in [1.165, 1.54) is 17.7 Å². The highest BCUT2D eigenvalue weighted by atomic mass is 19.4. The van der Waals surface area contributed by atoms with E-state index in [1.807, 2.05) is 23.1 Å². The van der Waals surface area contributed by atoms with Crippen LogP contribution >= 0.6 is 0 Å². The van der Waals surface area contributed by atoms with Crippen LogP contribution in [0.4, 0.5) is 13.2 Å². The lowest BCUT2D eigenvalue weighted by molar-refractivity contribution is -0.137. The van der Waals surface area contributed by atoms with Gasteiger partial charge in [0, 0.05) is 31.7 Å². The number of carbonyl (C=O) groups excluding carboxylic acids is 2. The van der Waals surface area contributed by atoms with Crippen molar-refractivity contribution in [3.05, 3.63) is 70.8 Å². The minimum Gasteiger partial charge on any atom is -0.336 e. The summed E-state index contributed by atoms with van der Waals surface area (Å²) in [6, 6.07) is 12.2. The lowest BCUT2D eigenvalue weighted by Crippen LogP contribution is -2.50. The van der Waals surface area contributed by atoms with Crippen LogP contribution in [0.1, 0.15) is 40.4 Å². The maximum absolute atomic E-state index is 12.7. The molecule has 9 heteroatoms. The molecule has 1 aliphatic heterocycles. The summed E-state index contributed by atoms with van der Waals surface area (Å²) < 4.78 is 38.1. The van der Waals surface area contributed by atoms with E-state index < -0.39 is 11.7 Å². The normalized spacial score (nSPS) is 15.1. The lowest BCUT2D eigenvalue weighted by Gasteiger charge is -2.34. The van der Waals surface area contributed by atoms with Gasteiger partial charge in [0.05, 0.1) is 18.3 Å². The van der Waals surface area contributed by atoms with Crippen LogP contribution in [0, 0.1) is 0 Å². The minimum atomic E-state index is -4.43. The smallest absolute Gasteiger partial charge is 0.336 e. The van der Waals surface area contributed by atoms with Crippen molar-refractivity contribution in [3.8, 4) is 0 Å². The number of hydrogen-bond acceptors (Lipinski definition) is 4. The lowest BCUT2D eigenvalue weighted by atomic mass is 10.1. The van der Waals surface area contributed by atoms with E-state index in [9.17, 15) is 22.8 Å². The first-order valence-corrected chi connectivity index (χ1v) is 10.9. The summed E-state index contributed by atoms with van der Waals surface area (Å²) in [4.78, 5) is 28.2. The Labute approximate surface area is 191 Å². The molecule has 0 aromatic heterocycles. The van der Waals surface area contributed by atoms with Crippen molar-refractivity contribution in [1.29, 1.82) is 0 Å². The first-order valence-electron chi connectivity index (χ1n) is 10.9. The molecule has 0 unspecified atom stereocenters. The number of nitrogens with zero attached hydrogens (tertiary/aromatic N) is 3. The van der Waals surface area contributed by atoms with Crippen LogP contribution in [0.3, 0.4) is 0 Å². The van der Waals surface area contributed by atoms with E-state index in [-0.39, 0.29) is 23.9 Å². The van der Waals surface area contributed by atoms with Crippen LogP contribution < -0.4 is 5.43 Å². The third kappa shape index (κ3) is 7.15. The third-order valence-electron chi connectivity index (χ3n) is 5.38. The molecule has 3 rings (SSSR count). The highest BCUT2D eigenvalue weighted by Crippen LogP contribution is 2.29. The molecule has 6 nitrogen and oxygen atoms in total. The predicted octanol–water partition coefficient (Wildman–Crippen LogP) is 3.57. The van der Waals surface area contributed by atoms with Gasteiger partial charge in [-0.3, -0.25) is 14.5 Å². The number of piperazine rings is 1. The number of halogens is 3. The van der Waals surface area contributed by atoms with Gasteiger partial charge in [0.25, 0.3) is 11.8 Å². The Balaban J connectivity index is 1.43. The van der Waals surface area contributed by atoms with Crippen LogP contribution in [0.5, 0.6) is 0 Å². The van der Waals surface area contributed by atoms with Crippen molar-refractivity contribution in [3.63, 3.8) is 0 Å². The molecule has 0 aliphatic carbocycles. The second kappa shape index (κ2) is 11.1. The summed E-state index contributed by atoms with van der Waals surface area (Å²) in [5.41, 5.74) is 4.08. The number of hydrogen-bond donors (Lipinski definition) is 1. The van der Waals surface area contributed by atoms with Crippen LogP contribution in [0.25, 0.3) is 0 Å². The number of alkyl halides is 3. The van der Waals surface area contributed by atoms with Gasteiger partial charge in [0.1, 0.15) is 0 Å². The highest BCUT2D eigenvalue weighted by Gasteiger charge is 2.30. The number of benzene rings is 2. The monoisotopic (exact) mass is 460 g/mol.